The lowest BCUT2D eigenvalue weighted by Crippen LogP contribution is -2.47. The number of halogens is 1. The van der Waals surface area contributed by atoms with Crippen LogP contribution >= 0.6 is 0 Å². The Hall–Kier alpha value is -3.67. The predicted octanol–water partition coefficient (Wildman–Crippen LogP) is 2.72. The van der Waals surface area contributed by atoms with Gasteiger partial charge in [0.05, 0.1) is 24.3 Å². The van der Waals surface area contributed by atoms with E-state index in [-0.39, 0.29) is 29.2 Å². The Bertz CT molecular complexity index is 1020. The van der Waals surface area contributed by atoms with E-state index in [4.69, 9.17) is 15.2 Å². The monoisotopic (exact) mass is 476 g/mol. The molecule has 0 unspecified atom stereocenters. The van der Waals surface area contributed by atoms with E-state index in [9.17, 15) is 19.1 Å². The fourth-order valence-corrected chi connectivity index (χ4v) is 3.57. The Balaban J connectivity index is 1.87. The highest BCUT2D eigenvalue weighted by Gasteiger charge is 2.37. The van der Waals surface area contributed by atoms with Crippen molar-refractivity contribution in [3.8, 4) is 5.88 Å². The van der Waals surface area contributed by atoms with Crippen LogP contribution in [0, 0.1) is 11.7 Å². The van der Waals surface area contributed by atoms with E-state index in [1.165, 1.54) is 6.20 Å². The number of primary amides is 1. The van der Waals surface area contributed by atoms with Crippen molar-refractivity contribution in [2.45, 2.75) is 38.3 Å². The fourth-order valence-electron chi connectivity index (χ4n) is 3.57. The smallest absolute Gasteiger partial charge is 0.404 e. The van der Waals surface area contributed by atoms with Gasteiger partial charge in [0, 0.05) is 25.1 Å². The molecule has 6 N–H and O–H groups in total. The molecule has 1 aliphatic rings. The van der Waals surface area contributed by atoms with Crippen molar-refractivity contribution in [1.29, 1.82) is 0 Å². The summed E-state index contributed by atoms with van der Waals surface area (Å²) < 4.78 is 25.3. The molecule has 1 fully saturated rings. The van der Waals surface area contributed by atoms with Gasteiger partial charge in [-0.15, -0.1) is 0 Å². The topological polar surface area (TPSA) is 161 Å². The summed E-state index contributed by atoms with van der Waals surface area (Å²) in [5, 5.41) is 17.7. The van der Waals surface area contributed by atoms with E-state index in [0.717, 1.165) is 18.9 Å². The summed E-state index contributed by atoms with van der Waals surface area (Å²) in [5.41, 5.74) is 5.80. The van der Waals surface area contributed by atoms with Gasteiger partial charge in [0.15, 0.2) is 11.6 Å². The van der Waals surface area contributed by atoms with Crippen molar-refractivity contribution in [3.05, 3.63) is 35.8 Å². The zero-order chi connectivity index (χ0) is 24.7. The van der Waals surface area contributed by atoms with Gasteiger partial charge < -0.3 is 36.3 Å². The van der Waals surface area contributed by atoms with Gasteiger partial charge in [-0.1, -0.05) is 6.92 Å². The second-order valence-electron chi connectivity index (χ2n) is 7.90. The van der Waals surface area contributed by atoms with Gasteiger partial charge >= 0.3 is 6.09 Å². The van der Waals surface area contributed by atoms with Crippen LogP contribution in [0.3, 0.4) is 0 Å². The van der Waals surface area contributed by atoms with Crippen molar-refractivity contribution in [1.82, 2.24) is 15.3 Å². The molecular weight excluding hydrogens is 447 g/mol. The second kappa shape index (κ2) is 11.5. The molecule has 2 heterocycles. The number of carboxylic acid groups (broad SMARTS) is 1. The summed E-state index contributed by atoms with van der Waals surface area (Å²) in [6.07, 6.45) is 2.65. The predicted molar refractivity (Wildman–Crippen MR) is 123 cm³/mol. The minimum absolute atomic E-state index is 0.0410. The number of hydrogen-bond acceptors (Lipinski definition) is 8. The molecule has 11 nitrogen and oxygen atoms in total. The molecule has 0 bridgehead atoms. The number of pyridine rings is 2. The molecule has 0 saturated heterocycles. The molecule has 2 aromatic rings. The number of hydrogen-bond donors (Lipinski definition) is 5. The minimum atomic E-state index is -1.15. The quantitative estimate of drug-likeness (QED) is 0.274. The van der Waals surface area contributed by atoms with Crippen molar-refractivity contribution >= 4 is 29.3 Å². The minimum Gasteiger partial charge on any atom is -0.475 e. The van der Waals surface area contributed by atoms with Crippen LogP contribution in [0.15, 0.2) is 24.4 Å². The van der Waals surface area contributed by atoms with Gasteiger partial charge in [-0.05, 0) is 37.3 Å². The number of rotatable bonds is 13. The van der Waals surface area contributed by atoms with Crippen molar-refractivity contribution in [2.75, 3.05) is 31.0 Å². The molecule has 0 aromatic carbocycles. The largest absolute Gasteiger partial charge is 0.475 e. The van der Waals surface area contributed by atoms with Crippen LogP contribution in [0.4, 0.5) is 26.5 Å². The Kier molecular flexibility index (Phi) is 8.41. The van der Waals surface area contributed by atoms with E-state index in [2.05, 4.69) is 25.9 Å². The lowest BCUT2D eigenvalue weighted by molar-refractivity contribution is 0.1000. The van der Waals surface area contributed by atoms with E-state index >= 15 is 0 Å². The third kappa shape index (κ3) is 6.67. The van der Waals surface area contributed by atoms with E-state index < -0.39 is 23.9 Å². The number of carbonyl (C=O) groups is 2. The number of methoxy groups -OCH3 is 1. The summed E-state index contributed by atoms with van der Waals surface area (Å²) in [7, 11) is 1.56. The van der Waals surface area contributed by atoms with Crippen LogP contribution in [0.2, 0.25) is 0 Å². The lowest BCUT2D eigenvalue weighted by Gasteiger charge is -2.28. The maximum absolute atomic E-state index is 14.9. The highest BCUT2D eigenvalue weighted by atomic mass is 19.1. The van der Waals surface area contributed by atoms with Gasteiger partial charge in [-0.2, -0.15) is 0 Å². The molecule has 2 atom stereocenters. The number of nitrogens with zero attached hydrogens (tertiary/aromatic N) is 2. The molecule has 0 aliphatic heterocycles. The molecule has 2 amide bonds. The van der Waals surface area contributed by atoms with Gasteiger partial charge in [0.25, 0.3) is 5.91 Å². The fraction of sp³-hybridized carbons (Fsp3) is 0.455. The van der Waals surface area contributed by atoms with Gasteiger partial charge in [0.1, 0.15) is 12.4 Å². The molecule has 34 heavy (non-hydrogen) atoms. The van der Waals surface area contributed by atoms with E-state index in [1.807, 2.05) is 6.92 Å². The van der Waals surface area contributed by atoms with E-state index in [0.29, 0.717) is 31.2 Å². The number of nitrogens with two attached hydrogens (primary N) is 1. The number of carbonyl (C=O) groups excluding carboxylic acids is 1. The molecule has 3 rings (SSSR count). The maximum atomic E-state index is 14.9. The van der Waals surface area contributed by atoms with Crippen molar-refractivity contribution in [2.24, 2.45) is 11.7 Å². The lowest BCUT2D eigenvalue weighted by atomic mass is 10.0. The molecular formula is C22H29FN6O5. The molecule has 184 valence electrons. The van der Waals surface area contributed by atoms with Gasteiger partial charge in [-0.3, -0.25) is 4.79 Å². The molecule has 0 radical (unpaired) electrons. The summed E-state index contributed by atoms with van der Waals surface area (Å²) in [5.74, 6) is -1.20. The van der Waals surface area contributed by atoms with Crippen molar-refractivity contribution < 1.29 is 28.6 Å². The average molecular weight is 477 g/mol. The van der Waals surface area contributed by atoms with Gasteiger partial charge in [-0.25, -0.2) is 19.2 Å². The first-order valence-corrected chi connectivity index (χ1v) is 10.9. The average Bonchev–Trinajstić information content (AvgIpc) is 3.63. The molecule has 1 saturated carbocycles. The standard InChI is InChI=1S/C22H29FN6O5/c1-3-16(27-22(31)32)18(12-4-5-12)28-21-15(23)11-14(19(24)30)20(29-21)26-13-6-7-25-17(10-13)34-9-8-33-2/h6-7,10-12,16,18,27H,3-5,8-9H2,1-2H3,(H2,24,30)(H,31,32)(H2,25,26,28,29)/t16-,18+/m0/s1. The number of amides is 2. The number of ether oxygens (including phenoxy) is 2. The summed E-state index contributed by atoms with van der Waals surface area (Å²) in [6, 6.07) is 3.42. The van der Waals surface area contributed by atoms with Crippen LogP contribution in [-0.2, 0) is 4.74 Å². The zero-order valence-electron chi connectivity index (χ0n) is 19.0. The summed E-state index contributed by atoms with van der Waals surface area (Å²) in [6.45, 7) is 2.53. The summed E-state index contributed by atoms with van der Waals surface area (Å²) >= 11 is 0. The van der Waals surface area contributed by atoms with Crippen LogP contribution < -0.4 is 26.4 Å². The molecule has 0 spiro atoms. The normalized spacial score (nSPS) is 14.7. The highest BCUT2D eigenvalue weighted by molar-refractivity contribution is 5.98. The van der Waals surface area contributed by atoms with Gasteiger partial charge in [0.2, 0.25) is 5.88 Å². The van der Waals surface area contributed by atoms with E-state index in [1.54, 1.807) is 19.2 Å². The highest BCUT2D eigenvalue weighted by Crippen LogP contribution is 2.37. The van der Waals surface area contributed by atoms with Crippen molar-refractivity contribution in [3.63, 3.8) is 0 Å². The first-order valence-electron chi connectivity index (χ1n) is 10.9. The second-order valence-corrected chi connectivity index (χ2v) is 7.90. The Morgan fingerprint density at radius 1 is 1.29 bits per heavy atom. The van der Waals surface area contributed by atoms with Crippen LogP contribution in [0.5, 0.6) is 5.88 Å². The third-order valence-corrected chi connectivity index (χ3v) is 5.39. The Labute approximate surface area is 196 Å². The zero-order valence-corrected chi connectivity index (χ0v) is 19.0. The number of aromatic nitrogens is 2. The van der Waals surface area contributed by atoms with Crippen LogP contribution in [-0.4, -0.2) is 59.5 Å². The number of nitrogens with one attached hydrogen (secondary N) is 3. The molecule has 1 aliphatic carbocycles. The van der Waals surface area contributed by atoms with Crippen LogP contribution in [0.25, 0.3) is 0 Å². The SMILES string of the molecule is CC[C@H](NC(=O)O)[C@H](Nc1nc(Nc2ccnc(OCCOC)c2)c(C(N)=O)cc1F)C1CC1. The molecule has 2 aromatic heterocycles. The Morgan fingerprint density at radius 3 is 2.68 bits per heavy atom. The molecule has 12 heteroatoms. The maximum Gasteiger partial charge on any atom is 0.404 e. The third-order valence-electron chi connectivity index (χ3n) is 5.39. The first kappa shape index (κ1) is 25.0. The summed E-state index contributed by atoms with van der Waals surface area (Å²) in [4.78, 5) is 31.6. The number of anilines is 3. The Morgan fingerprint density at radius 2 is 2.06 bits per heavy atom. The first-order chi connectivity index (χ1) is 16.3. The van der Waals surface area contributed by atoms with Crippen LogP contribution in [0.1, 0.15) is 36.5 Å².